The van der Waals surface area contributed by atoms with E-state index in [0.29, 0.717) is 11.5 Å². The van der Waals surface area contributed by atoms with Crippen molar-refractivity contribution in [2.24, 2.45) is 0 Å². The van der Waals surface area contributed by atoms with Gasteiger partial charge in [0.1, 0.15) is 17.3 Å². The van der Waals surface area contributed by atoms with Crippen molar-refractivity contribution in [2.45, 2.75) is 33.8 Å². The molecule has 0 aliphatic carbocycles. The van der Waals surface area contributed by atoms with Gasteiger partial charge in [-0.3, -0.25) is 0 Å². The Morgan fingerprint density at radius 2 is 1.80 bits per heavy atom. The van der Waals surface area contributed by atoms with Crippen molar-refractivity contribution in [1.82, 2.24) is 0 Å². The summed E-state index contributed by atoms with van der Waals surface area (Å²) in [5.74, 6) is 0.586. The molecule has 2 aromatic rings. The monoisotopic (exact) mass is 274 g/mol. The second kappa shape index (κ2) is 5.63. The first-order valence-electron chi connectivity index (χ1n) is 6.62. The summed E-state index contributed by atoms with van der Waals surface area (Å²) in [6, 6.07) is 8.56. The summed E-state index contributed by atoms with van der Waals surface area (Å²) in [6.45, 7) is 7.49. The molecule has 0 heterocycles. The Labute approximate surface area is 118 Å². The number of rotatable bonds is 3. The van der Waals surface area contributed by atoms with Gasteiger partial charge in [-0.2, -0.15) is 0 Å². The van der Waals surface area contributed by atoms with E-state index in [9.17, 15) is 9.50 Å². The molecule has 2 rings (SSSR count). The number of benzene rings is 2. The molecule has 0 aliphatic heterocycles. The van der Waals surface area contributed by atoms with Gasteiger partial charge in [0.25, 0.3) is 0 Å². The third-order valence-corrected chi connectivity index (χ3v) is 3.41. The minimum Gasteiger partial charge on any atom is -0.457 e. The normalized spacial score (nSPS) is 12.3. The molecule has 2 aromatic carbocycles. The summed E-state index contributed by atoms with van der Waals surface area (Å²) < 4.78 is 19.7. The lowest BCUT2D eigenvalue weighted by Crippen LogP contribution is -2.01. The molecule has 0 spiro atoms. The van der Waals surface area contributed by atoms with Gasteiger partial charge in [0.2, 0.25) is 0 Å². The van der Waals surface area contributed by atoms with Crippen molar-refractivity contribution in [3.63, 3.8) is 0 Å². The molecule has 0 fully saturated rings. The van der Waals surface area contributed by atoms with Gasteiger partial charge in [-0.15, -0.1) is 0 Å². The Bertz CT molecular complexity index is 633. The smallest absolute Gasteiger partial charge is 0.136 e. The Balaban J connectivity index is 2.48. The molecule has 0 unspecified atom stereocenters. The SMILES string of the molecule is Cc1cc(C)c(C)c(Oc2cccc(F)c2[C@@H](C)O)c1. The fourth-order valence-electron chi connectivity index (χ4n) is 2.24. The van der Waals surface area contributed by atoms with Crippen molar-refractivity contribution in [3.05, 3.63) is 58.4 Å². The van der Waals surface area contributed by atoms with Gasteiger partial charge in [0.05, 0.1) is 11.7 Å². The van der Waals surface area contributed by atoms with Crippen LogP contribution in [0.5, 0.6) is 11.5 Å². The van der Waals surface area contributed by atoms with Crippen molar-refractivity contribution in [1.29, 1.82) is 0 Å². The summed E-state index contributed by atoms with van der Waals surface area (Å²) in [5.41, 5.74) is 3.40. The highest BCUT2D eigenvalue weighted by atomic mass is 19.1. The van der Waals surface area contributed by atoms with E-state index in [1.54, 1.807) is 12.1 Å². The zero-order chi connectivity index (χ0) is 14.9. The molecule has 1 N–H and O–H groups in total. The number of hydrogen-bond donors (Lipinski definition) is 1. The van der Waals surface area contributed by atoms with Gasteiger partial charge >= 0.3 is 0 Å². The Morgan fingerprint density at radius 1 is 1.10 bits per heavy atom. The fourth-order valence-corrected chi connectivity index (χ4v) is 2.24. The average Bonchev–Trinajstić information content (AvgIpc) is 2.35. The van der Waals surface area contributed by atoms with Crippen LogP contribution in [-0.2, 0) is 0 Å². The first-order chi connectivity index (χ1) is 9.40. The van der Waals surface area contributed by atoms with Crippen molar-refractivity contribution in [2.75, 3.05) is 0 Å². The molecule has 20 heavy (non-hydrogen) atoms. The highest BCUT2D eigenvalue weighted by Crippen LogP contribution is 2.34. The molecule has 0 saturated heterocycles. The third-order valence-electron chi connectivity index (χ3n) is 3.41. The maximum absolute atomic E-state index is 13.8. The van der Waals surface area contributed by atoms with Crippen molar-refractivity contribution in [3.8, 4) is 11.5 Å². The fraction of sp³-hybridized carbons (Fsp3) is 0.294. The van der Waals surface area contributed by atoms with E-state index in [4.69, 9.17) is 4.74 Å². The van der Waals surface area contributed by atoms with Crippen LogP contribution < -0.4 is 4.74 Å². The number of aryl methyl sites for hydroxylation is 2. The number of halogens is 1. The first kappa shape index (κ1) is 14.5. The number of ether oxygens (including phenoxy) is 1. The highest BCUT2D eigenvalue weighted by Gasteiger charge is 2.16. The van der Waals surface area contributed by atoms with Crippen LogP contribution in [0.25, 0.3) is 0 Å². The maximum atomic E-state index is 13.8. The molecule has 0 saturated carbocycles. The van der Waals surface area contributed by atoms with Crippen molar-refractivity contribution < 1.29 is 14.2 Å². The predicted octanol–water partition coefficient (Wildman–Crippen LogP) is 4.60. The molecule has 1 atom stereocenters. The summed E-state index contributed by atoms with van der Waals surface area (Å²) in [6.07, 6.45) is -0.919. The van der Waals surface area contributed by atoms with E-state index in [0.717, 1.165) is 16.7 Å². The molecule has 0 amide bonds. The van der Waals surface area contributed by atoms with Crippen LogP contribution in [0.1, 0.15) is 35.3 Å². The van der Waals surface area contributed by atoms with E-state index in [2.05, 4.69) is 6.07 Å². The molecule has 0 radical (unpaired) electrons. The summed E-state index contributed by atoms with van der Waals surface area (Å²) >= 11 is 0. The van der Waals surface area contributed by atoms with E-state index < -0.39 is 11.9 Å². The number of hydrogen-bond acceptors (Lipinski definition) is 2. The van der Waals surface area contributed by atoms with Gasteiger partial charge in [0.15, 0.2) is 0 Å². The standard InChI is InChI=1S/C17H19FO2/c1-10-8-11(2)12(3)16(9-10)20-15-7-5-6-14(18)17(15)13(4)19/h5-9,13,19H,1-4H3/t13-/m1/s1. The van der Waals surface area contributed by atoms with Gasteiger partial charge in [-0.05, 0) is 62.6 Å². The Morgan fingerprint density at radius 3 is 2.45 bits per heavy atom. The zero-order valence-electron chi connectivity index (χ0n) is 12.2. The Hall–Kier alpha value is -1.87. The maximum Gasteiger partial charge on any atom is 0.136 e. The minimum absolute atomic E-state index is 0.186. The van der Waals surface area contributed by atoms with Gasteiger partial charge in [0, 0.05) is 0 Å². The average molecular weight is 274 g/mol. The molecule has 3 heteroatoms. The molecule has 0 aliphatic rings. The molecule has 2 nitrogen and oxygen atoms in total. The van der Waals surface area contributed by atoms with Crippen molar-refractivity contribution >= 4 is 0 Å². The zero-order valence-corrected chi connectivity index (χ0v) is 12.2. The molecule has 106 valence electrons. The van der Waals surface area contributed by atoms with Crippen LogP contribution in [0, 0.1) is 26.6 Å². The summed E-state index contributed by atoms with van der Waals surface area (Å²) in [5, 5.41) is 9.72. The lowest BCUT2D eigenvalue weighted by Gasteiger charge is -2.16. The minimum atomic E-state index is -0.919. The van der Waals surface area contributed by atoms with Crippen LogP contribution in [0.15, 0.2) is 30.3 Å². The largest absolute Gasteiger partial charge is 0.457 e. The van der Waals surface area contributed by atoms with E-state index >= 15 is 0 Å². The number of aliphatic hydroxyl groups is 1. The molecular formula is C17H19FO2. The highest BCUT2D eigenvalue weighted by molar-refractivity contribution is 5.46. The lowest BCUT2D eigenvalue weighted by molar-refractivity contribution is 0.190. The quantitative estimate of drug-likeness (QED) is 0.886. The second-order valence-corrected chi connectivity index (χ2v) is 5.13. The third kappa shape index (κ3) is 2.83. The van der Waals surface area contributed by atoms with E-state index in [-0.39, 0.29) is 5.56 Å². The second-order valence-electron chi connectivity index (χ2n) is 5.13. The van der Waals surface area contributed by atoms with Gasteiger partial charge < -0.3 is 9.84 Å². The van der Waals surface area contributed by atoms with Crippen LogP contribution in [0.4, 0.5) is 4.39 Å². The summed E-state index contributed by atoms with van der Waals surface area (Å²) in [7, 11) is 0. The van der Waals surface area contributed by atoms with E-state index in [1.165, 1.54) is 13.0 Å². The molecular weight excluding hydrogens is 255 g/mol. The van der Waals surface area contributed by atoms with Gasteiger partial charge in [-0.1, -0.05) is 12.1 Å². The van der Waals surface area contributed by atoms with E-state index in [1.807, 2.05) is 26.8 Å². The van der Waals surface area contributed by atoms with Crippen LogP contribution in [0.2, 0.25) is 0 Å². The lowest BCUT2D eigenvalue weighted by atomic mass is 10.1. The first-order valence-corrected chi connectivity index (χ1v) is 6.62. The van der Waals surface area contributed by atoms with Crippen LogP contribution >= 0.6 is 0 Å². The van der Waals surface area contributed by atoms with Gasteiger partial charge in [-0.25, -0.2) is 4.39 Å². The Kier molecular flexibility index (Phi) is 4.09. The topological polar surface area (TPSA) is 29.5 Å². The molecule has 0 bridgehead atoms. The summed E-state index contributed by atoms with van der Waals surface area (Å²) in [4.78, 5) is 0. The predicted molar refractivity (Wildman–Crippen MR) is 77.8 cm³/mol. The number of aliphatic hydroxyl groups excluding tert-OH is 1. The van der Waals surface area contributed by atoms with Crippen LogP contribution in [0.3, 0.4) is 0 Å². The van der Waals surface area contributed by atoms with Crippen LogP contribution in [-0.4, -0.2) is 5.11 Å². The molecule has 0 aromatic heterocycles.